The molecule has 0 amide bonds. The molecule has 1 aromatic heterocycles. The number of piperidine rings is 1. The summed E-state index contributed by atoms with van der Waals surface area (Å²) < 4.78 is 0. The first-order valence-electron chi connectivity index (χ1n) is 5.08. The van der Waals surface area contributed by atoms with Gasteiger partial charge in [-0.15, -0.1) is 0 Å². The van der Waals surface area contributed by atoms with Crippen molar-refractivity contribution in [3.63, 3.8) is 0 Å². The van der Waals surface area contributed by atoms with Crippen molar-refractivity contribution in [2.24, 2.45) is 5.92 Å². The van der Waals surface area contributed by atoms with E-state index in [0.717, 1.165) is 5.92 Å². The van der Waals surface area contributed by atoms with E-state index in [-0.39, 0.29) is 0 Å². The molecule has 1 aliphatic heterocycles. The molecule has 0 spiro atoms. The van der Waals surface area contributed by atoms with Crippen LogP contribution in [0.25, 0.3) is 0 Å². The maximum absolute atomic E-state index is 3.47. The van der Waals surface area contributed by atoms with E-state index >= 15 is 0 Å². The number of thiophene rings is 1. The molecule has 2 heterocycles. The third-order valence-corrected chi connectivity index (χ3v) is 3.78. The van der Waals surface area contributed by atoms with E-state index in [4.69, 9.17) is 0 Å². The highest BCUT2D eigenvalue weighted by atomic mass is 32.1. The van der Waals surface area contributed by atoms with Crippen molar-refractivity contribution in [3.8, 4) is 0 Å². The minimum Gasteiger partial charge on any atom is -0.316 e. The number of nitrogens with one attached hydrogen (secondary N) is 1. The molecule has 1 fully saturated rings. The lowest BCUT2D eigenvalue weighted by atomic mass is 9.92. The summed E-state index contributed by atoms with van der Waals surface area (Å²) >= 11 is 1.83. The van der Waals surface area contributed by atoms with E-state index in [1.165, 1.54) is 37.9 Å². The maximum atomic E-state index is 3.47. The van der Waals surface area contributed by atoms with Gasteiger partial charge in [-0.25, -0.2) is 0 Å². The van der Waals surface area contributed by atoms with E-state index in [9.17, 15) is 0 Å². The standard InChI is InChI=1S/C11H17NS/c1-9-7-13-8-11(9)5-10-3-2-4-12-6-10/h7-8,10,12H,2-6H2,1H3. The molecule has 0 saturated carbocycles. The molecular formula is C11H17NS. The van der Waals surface area contributed by atoms with Crippen LogP contribution in [0.3, 0.4) is 0 Å². The smallest absolute Gasteiger partial charge is 0.00173 e. The molecule has 1 aromatic rings. The highest BCUT2D eigenvalue weighted by Crippen LogP contribution is 2.21. The van der Waals surface area contributed by atoms with Crippen molar-refractivity contribution in [2.75, 3.05) is 13.1 Å². The Balaban J connectivity index is 1.93. The molecule has 1 atom stereocenters. The minimum atomic E-state index is 0.877. The summed E-state index contributed by atoms with van der Waals surface area (Å²) in [7, 11) is 0. The quantitative estimate of drug-likeness (QED) is 0.765. The van der Waals surface area contributed by atoms with Gasteiger partial charge in [0, 0.05) is 0 Å². The van der Waals surface area contributed by atoms with Crippen LogP contribution in [0.1, 0.15) is 24.0 Å². The highest BCUT2D eigenvalue weighted by Gasteiger charge is 2.14. The van der Waals surface area contributed by atoms with Crippen molar-refractivity contribution in [1.82, 2.24) is 5.32 Å². The van der Waals surface area contributed by atoms with Crippen LogP contribution in [0.5, 0.6) is 0 Å². The van der Waals surface area contributed by atoms with Crippen molar-refractivity contribution in [1.29, 1.82) is 0 Å². The lowest BCUT2D eigenvalue weighted by Gasteiger charge is -2.22. The second kappa shape index (κ2) is 4.25. The second-order valence-corrected chi connectivity index (χ2v) is 4.74. The summed E-state index contributed by atoms with van der Waals surface area (Å²) in [5.74, 6) is 0.877. The number of hydrogen-bond donors (Lipinski definition) is 1. The van der Waals surface area contributed by atoms with E-state index in [1.54, 1.807) is 5.56 Å². The van der Waals surface area contributed by atoms with Gasteiger partial charge < -0.3 is 5.32 Å². The van der Waals surface area contributed by atoms with Crippen LogP contribution >= 0.6 is 11.3 Å². The van der Waals surface area contributed by atoms with Crippen LogP contribution in [0.4, 0.5) is 0 Å². The van der Waals surface area contributed by atoms with Crippen LogP contribution in [0, 0.1) is 12.8 Å². The predicted molar refractivity (Wildman–Crippen MR) is 58.4 cm³/mol. The van der Waals surface area contributed by atoms with E-state index < -0.39 is 0 Å². The summed E-state index contributed by atoms with van der Waals surface area (Å²) in [6.07, 6.45) is 4.04. The molecular weight excluding hydrogens is 178 g/mol. The highest BCUT2D eigenvalue weighted by molar-refractivity contribution is 7.08. The first kappa shape index (κ1) is 9.22. The summed E-state index contributed by atoms with van der Waals surface area (Å²) in [6.45, 7) is 4.66. The minimum absolute atomic E-state index is 0.877. The molecule has 1 unspecified atom stereocenters. The van der Waals surface area contributed by atoms with Gasteiger partial charge in [-0.1, -0.05) is 0 Å². The molecule has 1 N–H and O–H groups in total. The Morgan fingerprint density at radius 2 is 2.46 bits per heavy atom. The Morgan fingerprint density at radius 3 is 3.08 bits per heavy atom. The van der Waals surface area contributed by atoms with Gasteiger partial charge in [-0.2, -0.15) is 11.3 Å². The van der Waals surface area contributed by atoms with Gasteiger partial charge in [-0.3, -0.25) is 0 Å². The predicted octanol–water partition coefficient (Wildman–Crippen LogP) is 2.60. The monoisotopic (exact) mass is 195 g/mol. The topological polar surface area (TPSA) is 12.0 Å². The van der Waals surface area contributed by atoms with Crippen LogP contribution in [-0.2, 0) is 6.42 Å². The molecule has 13 heavy (non-hydrogen) atoms. The van der Waals surface area contributed by atoms with Crippen molar-refractivity contribution >= 4 is 11.3 Å². The van der Waals surface area contributed by atoms with Crippen LogP contribution in [0.2, 0.25) is 0 Å². The first-order chi connectivity index (χ1) is 6.36. The Hall–Kier alpha value is -0.340. The van der Waals surface area contributed by atoms with Gasteiger partial charge in [0.05, 0.1) is 0 Å². The fourth-order valence-corrected chi connectivity index (χ4v) is 2.88. The first-order valence-corrected chi connectivity index (χ1v) is 6.03. The molecule has 0 aromatic carbocycles. The largest absolute Gasteiger partial charge is 0.316 e. The third-order valence-electron chi connectivity index (χ3n) is 2.87. The van der Waals surface area contributed by atoms with Crippen LogP contribution in [0.15, 0.2) is 10.8 Å². The van der Waals surface area contributed by atoms with Gasteiger partial charge in [0.25, 0.3) is 0 Å². The number of rotatable bonds is 2. The van der Waals surface area contributed by atoms with Crippen molar-refractivity contribution in [3.05, 3.63) is 21.9 Å². The van der Waals surface area contributed by atoms with Crippen molar-refractivity contribution in [2.45, 2.75) is 26.2 Å². The Morgan fingerprint density at radius 1 is 1.54 bits per heavy atom. The molecule has 0 aliphatic carbocycles. The lowest BCUT2D eigenvalue weighted by molar-refractivity contribution is 0.376. The van der Waals surface area contributed by atoms with Gasteiger partial charge in [0.2, 0.25) is 0 Å². The van der Waals surface area contributed by atoms with Gasteiger partial charge in [-0.05, 0) is 67.1 Å². The third kappa shape index (κ3) is 2.32. The average molecular weight is 195 g/mol. The molecule has 2 rings (SSSR count). The molecule has 1 nitrogen and oxygen atoms in total. The second-order valence-electron chi connectivity index (χ2n) is 4.00. The SMILES string of the molecule is Cc1cscc1CC1CCCNC1. The zero-order valence-corrected chi connectivity index (χ0v) is 8.99. The molecule has 1 aliphatic rings. The average Bonchev–Trinajstić information content (AvgIpc) is 2.54. The molecule has 0 radical (unpaired) electrons. The van der Waals surface area contributed by atoms with Crippen LogP contribution < -0.4 is 5.32 Å². The van der Waals surface area contributed by atoms with Gasteiger partial charge in [0.15, 0.2) is 0 Å². The molecule has 0 bridgehead atoms. The summed E-state index contributed by atoms with van der Waals surface area (Å²) in [4.78, 5) is 0. The van der Waals surface area contributed by atoms with E-state index in [2.05, 4.69) is 23.0 Å². The summed E-state index contributed by atoms with van der Waals surface area (Å²) in [5.41, 5.74) is 3.05. The van der Waals surface area contributed by atoms with Gasteiger partial charge in [0.1, 0.15) is 0 Å². The zero-order chi connectivity index (χ0) is 9.10. The Kier molecular flexibility index (Phi) is 3.01. The Bertz CT molecular complexity index is 261. The fraction of sp³-hybridized carbons (Fsp3) is 0.636. The van der Waals surface area contributed by atoms with E-state index in [0.29, 0.717) is 0 Å². The fourth-order valence-electron chi connectivity index (χ4n) is 2.01. The lowest BCUT2D eigenvalue weighted by Crippen LogP contribution is -2.30. The normalized spacial score (nSPS) is 23.3. The molecule has 1 saturated heterocycles. The zero-order valence-electron chi connectivity index (χ0n) is 8.18. The number of hydrogen-bond acceptors (Lipinski definition) is 2. The molecule has 2 heteroatoms. The van der Waals surface area contributed by atoms with Crippen molar-refractivity contribution < 1.29 is 0 Å². The number of aryl methyl sites for hydroxylation is 1. The van der Waals surface area contributed by atoms with E-state index in [1.807, 2.05) is 11.3 Å². The van der Waals surface area contributed by atoms with Gasteiger partial charge >= 0.3 is 0 Å². The Labute approximate surface area is 84.2 Å². The summed E-state index contributed by atoms with van der Waals surface area (Å²) in [6, 6.07) is 0. The molecule has 72 valence electrons. The summed E-state index contributed by atoms with van der Waals surface area (Å²) in [5, 5.41) is 8.04. The van der Waals surface area contributed by atoms with Crippen LogP contribution in [-0.4, -0.2) is 13.1 Å². The maximum Gasteiger partial charge on any atom is -0.00173 e.